The van der Waals surface area contributed by atoms with Crippen molar-refractivity contribution in [2.24, 2.45) is 0 Å². The number of phenols is 1. The average molecular weight is 584 g/mol. The molecule has 1 N–H and O–H groups in total. The van der Waals surface area contributed by atoms with E-state index in [1.165, 1.54) is 0 Å². The fourth-order valence-corrected chi connectivity index (χ4v) is 4.91. The van der Waals surface area contributed by atoms with Crippen LogP contribution < -0.4 is 5.43 Å². The highest BCUT2D eigenvalue weighted by Gasteiger charge is 2.29. The Morgan fingerprint density at radius 3 is 2.58 bits per heavy atom. The molecule has 1 fully saturated rings. The topological polar surface area (TPSA) is 63.0 Å². The monoisotopic (exact) mass is 584 g/mol. The minimum absolute atomic E-state index is 0.0664. The van der Waals surface area contributed by atoms with E-state index in [1.807, 2.05) is 34.7 Å². The van der Waals surface area contributed by atoms with E-state index in [0.717, 1.165) is 23.1 Å². The van der Waals surface area contributed by atoms with Crippen molar-refractivity contribution in [2.75, 3.05) is 6.61 Å². The molecule has 0 spiro atoms. The van der Waals surface area contributed by atoms with Gasteiger partial charge < -0.3 is 14.3 Å². The van der Waals surface area contributed by atoms with Crippen molar-refractivity contribution >= 4 is 81.4 Å². The third-order valence-electron chi connectivity index (χ3n) is 4.03. The van der Waals surface area contributed by atoms with Gasteiger partial charge in [-0.15, -0.1) is 25.3 Å². The summed E-state index contributed by atoms with van der Waals surface area (Å²) in [5, 5.41) is 11.0. The molecule has 1 aromatic carbocycles. The molecule has 0 radical (unpaired) electrons. The van der Waals surface area contributed by atoms with Crippen molar-refractivity contribution < 1.29 is 14.3 Å². The second-order valence-electron chi connectivity index (χ2n) is 5.59. The molecule has 124 valence electrons. The highest BCUT2D eigenvalue weighted by molar-refractivity contribution is 14.1. The number of halogens is 2. The van der Waals surface area contributed by atoms with Crippen LogP contribution in [0.25, 0.3) is 22.3 Å². The summed E-state index contributed by atoms with van der Waals surface area (Å²) >= 11 is 12.9. The summed E-state index contributed by atoms with van der Waals surface area (Å²) in [5.74, 6) is 0.486. The molecule has 1 unspecified atom stereocenters. The van der Waals surface area contributed by atoms with Crippen molar-refractivity contribution in [2.45, 2.75) is 22.3 Å². The molecule has 0 saturated carbocycles. The molecule has 8 heteroatoms. The number of benzene rings is 2. The lowest BCUT2D eigenvalue weighted by molar-refractivity contribution is 0.408. The standard InChI is InChI=1S/C16H10I2O4S2/c17-9-2-7-6(1-5-4-21-5)8-3-10(18)12(20)16(24)14(8)22-13(7)15(23)11(9)19/h2-3,5,19,23-24H,1,4H2. The molecule has 2 aliphatic heterocycles. The molecular formula is C16H10I2O4S2. The van der Waals surface area contributed by atoms with Gasteiger partial charge in [-0.05, 0) is 62.9 Å². The number of rotatable bonds is 2. The Hall–Kier alpha value is -0.170. The smallest absolute Gasteiger partial charge is 0.208 e. The Balaban J connectivity index is 2.20. The van der Waals surface area contributed by atoms with Crippen LogP contribution >= 0.6 is 70.4 Å². The van der Waals surface area contributed by atoms with Gasteiger partial charge in [0.05, 0.1) is 29.6 Å². The largest absolute Gasteiger partial charge is 0.506 e. The normalized spacial score (nSPS) is 16.9. The molecule has 1 aromatic rings. The molecule has 4 rings (SSSR count). The predicted octanol–water partition coefficient (Wildman–Crippen LogP) is 4.33. The highest BCUT2D eigenvalue weighted by Crippen LogP contribution is 2.43. The molecule has 0 amide bonds. The Bertz CT molecular complexity index is 1030. The first-order valence-electron chi connectivity index (χ1n) is 7.01. The third kappa shape index (κ3) is 2.74. The van der Waals surface area contributed by atoms with Gasteiger partial charge in [-0.2, -0.15) is 0 Å². The van der Waals surface area contributed by atoms with Crippen LogP contribution in [0.2, 0.25) is 0 Å². The van der Waals surface area contributed by atoms with Crippen molar-refractivity contribution in [3.05, 3.63) is 35.1 Å². The van der Waals surface area contributed by atoms with E-state index in [9.17, 15) is 9.90 Å². The van der Waals surface area contributed by atoms with Gasteiger partial charge in [0.1, 0.15) is 5.75 Å². The second-order valence-corrected chi connectivity index (χ2v) is 8.80. The maximum Gasteiger partial charge on any atom is 0.208 e. The van der Waals surface area contributed by atoms with Crippen LogP contribution in [0.4, 0.5) is 0 Å². The molecule has 4 nitrogen and oxygen atoms in total. The number of phenolic OH excluding ortho intramolecular Hbond substituents is 1. The zero-order chi connectivity index (χ0) is 17.2. The van der Waals surface area contributed by atoms with Gasteiger partial charge in [0.25, 0.3) is 0 Å². The van der Waals surface area contributed by atoms with Gasteiger partial charge in [-0.3, -0.25) is 4.79 Å². The number of hydrogen-bond donors (Lipinski definition) is 3. The Kier molecular flexibility index (Phi) is 4.47. The summed E-state index contributed by atoms with van der Waals surface area (Å²) in [6.45, 7) is 0.725. The lowest BCUT2D eigenvalue weighted by atomic mass is 9.96. The number of hydrogen-bond acceptors (Lipinski definition) is 6. The fraction of sp³-hybridized carbons (Fsp3) is 0.188. The maximum atomic E-state index is 12.2. The van der Waals surface area contributed by atoms with E-state index in [1.54, 1.807) is 0 Å². The summed E-state index contributed by atoms with van der Waals surface area (Å²) < 4.78 is 12.6. The number of aromatic hydroxyl groups is 1. The first-order valence-corrected chi connectivity index (χ1v) is 10.1. The Morgan fingerprint density at radius 2 is 1.92 bits per heavy atom. The predicted molar refractivity (Wildman–Crippen MR) is 114 cm³/mol. The molecule has 2 heterocycles. The Labute approximate surface area is 175 Å². The SMILES string of the molecule is O=c1c(I)cc2c(CC3CO3)c3cc(I)c(O)c(S)c3oc-2c1S. The van der Waals surface area contributed by atoms with Crippen molar-refractivity contribution in [1.82, 2.24) is 0 Å². The van der Waals surface area contributed by atoms with Crippen LogP contribution in [0.3, 0.4) is 0 Å². The number of ether oxygens (including phenoxy) is 1. The Morgan fingerprint density at radius 1 is 1.21 bits per heavy atom. The summed E-state index contributed by atoms with van der Waals surface area (Å²) in [4.78, 5) is 12.9. The minimum Gasteiger partial charge on any atom is -0.506 e. The first kappa shape index (κ1) is 17.3. The van der Waals surface area contributed by atoms with Gasteiger partial charge in [-0.25, -0.2) is 0 Å². The average Bonchev–Trinajstić information content (AvgIpc) is 3.36. The number of epoxide rings is 1. The van der Waals surface area contributed by atoms with Crippen molar-refractivity contribution in [3.63, 3.8) is 0 Å². The fourth-order valence-electron chi connectivity index (χ4n) is 2.75. The molecule has 3 aliphatic rings. The van der Waals surface area contributed by atoms with E-state index in [2.05, 4.69) is 47.8 Å². The lowest BCUT2D eigenvalue weighted by Gasteiger charge is -2.17. The minimum atomic E-state index is -0.168. The van der Waals surface area contributed by atoms with Crippen LogP contribution in [-0.2, 0) is 11.2 Å². The molecule has 1 aliphatic carbocycles. The van der Waals surface area contributed by atoms with Gasteiger partial charge in [0, 0.05) is 17.4 Å². The molecule has 0 bridgehead atoms. The third-order valence-corrected chi connectivity index (χ3v) is 6.48. The first-order chi connectivity index (χ1) is 11.4. The van der Waals surface area contributed by atoms with Gasteiger partial charge >= 0.3 is 0 Å². The van der Waals surface area contributed by atoms with Crippen LogP contribution in [0.1, 0.15) is 5.56 Å². The lowest BCUT2D eigenvalue weighted by Crippen LogP contribution is -2.11. The van der Waals surface area contributed by atoms with Gasteiger partial charge in [0.15, 0.2) is 11.3 Å². The molecular weight excluding hydrogens is 574 g/mol. The van der Waals surface area contributed by atoms with Crippen LogP contribution in [0.15, 0.2) is 31.1 Å². The number of thiol groups is 2. The van der Waals surface area contributed by atoms with E-state index >= 15 is 0 Å². The van der Waals surface area contributed by atoms with Crippen LogP contribution in [0.5, 0.6) is 5.75 Å². The molecule has 24 heavy (non-hydrogen) atoms. The maximum absolute atomic E-state index is 12.2. The van der Waals surface area contributed by atoms with E-state index < -0.39 is 0 Å². The zero-order valence-corrected chi connectivity index (χ0v) is 18.1. The summed E-state index contributed by atoms with van der Waals surface area (Å²) in [7, 11) is 0. The summed E-state index contributed by atoms with van der Waals surface area (Å²) in [6.07, 6.45) is 0.875. The molecule has 0 aromatic heterocycles. The van der Waals surface area contributed by atoms with E-state index in [0.29, 0.717) is 29.8 Å². The van der Waals surface area contributed by atoms with Gasteiger partial charge in [-0.1, -0.05) is 0 Å². The summed E-state index contributed by atoms with van der Waals surface area (Å²) in [6, 6.07) is 3.71. The number of fused-ring (bicyclic) bond motifs is 2. The second kappa shape index (κ2) is 6.22. The van der Waals surface area contributed by atoms with E-state index in [-0.39, 0.29) is 22.2 Å². The summed E-state index contributed by atoms with van der Waals surface area (Å²) in [5.41, 5.74) is 2.16. The van der Waals surface area contributed by atoms with Crippen molar-refractivity contribution in [1.29, 1.82) is 0 Å². The van der Waals surface area contributed by atoms with Crippen LogP contribution in [-0.4, -0.2) is 17.8 Å². The zero-order valence-electron chi connectivity index (χ0n) is 12.0. The molecule has 1 saturated heterocycles. The van der Waals surface area contributed by atoms with Gasteiger partial charge in [0.2, 0.25) is 5.43 Å². The molecule has 1 atom stereocenters. The van der Waals surface area contributed by atoms with Crippen molar-refractivity contribution in [3.8, 4) is 17.1 Å². The quantitative estimate of drug-likeness (QED) is 0.182. The highest BCUT2D eigenvalue weighted by atomic mass is 127. The van der Waals surface area contributed by atoms with E-state index in [4.69, 9.17) is 9.15 Å². The van der Waals surface area contributed by atoms with Crippen LogP contribution in [0, 0.1) is 7.14 Å².